The summed E-state index contributed by atoms with van der Waals surface area (Å²) < 4.78 is 0.797. The van der Waals surface area contributed by atoms with Gasteiger partial charge in [-0.1, -0.05) is 17.7 Å². The molecular formula is C11H8ClNO3. The molecule has 0 fully saturated rings. The Balaban J connectivity index is 2.47. The summed E-state index contributed by atoms with van der Waals surface area (Å²) in [5.74, 6) is -1.17. The molecule has 1 aromatic carbocycles. The highest BCUT2D eigenvalue weighted by atomic mass is 35.5. The molecule has 2 aromatic rings. The van der Waals surface area contributed by atoms with Crippen LogP contribution < -0.4 is 0 Å². The molecule has 0 aliphatic heterocycles. The Morgan fingerprint density at radius 2 is 1.75 bits per heavy atom. The minimum atomic E-state index is -0.539. The molecule has 1 heterocycles. The third-order valence-corrected chi connectivity index (χ3v) is 2.35. The fraction of sp³-hybridized carbons (Fsp3) is 0. The molecule has 1 aromatic heterocycles. The number of rotatable bonds is 1. The van der Waals surface area contributed by atoms with Crippen LogP contribution in [-0.2, 0) is 0 Å². The van der Waals surface area contributed by atoms with Crippen LogP contribution in [0.4, 0.5) is 0 Å². The maximum atomic E-state index is 11.9. The van der Waals surface area contributed by atoms with Crippen molar-refractivity contribution in [1.82, 2.24) is 4.57 Å². The van der Waals surface area contributed by atoms with E-state index in [0.29, 0.717) is 5.02 Å². The second-order valence-electron chi connectivity index (χ2n) is 3.20. The maximum absolute atomic E-state index is 11.9. The zero-order valence-electron chi connectivity index (χ0n) is 8.09. The van der Waals surface area contributed by atoms with E-state index in [1.54, 1.807) is 18.2 Å². The number of carbonyl (C=O) groups excluding carboxylic acids is 1. The van der Waals surface area contributed by atoms with Crippen LogP contribution in [0.3, 0.4) is 0 Å². The van der Waals surface area contributed by atoms with Crippen molar-refractivity contribution in [3.05, 3.63) is 47.0 Å². The average Bonchev–Trinajstić information content (AvgIpc) is 2.58. The summed E-state index contributed by atoms with van der Waals surface area (Å²) in [6.07, 6.45) is 0. The Hall–Kier alpha value is -1.94. The van der Waals surface area contributed by atoms with Crippen molar-refractivity contribution in [1.29, 1.82) is 0 Å². The van der Waals surface area contributed by atoms with Crippen LogP contribution in [0.15, 0.2) is 36.4 Å². The SMILES string of the molecule is O=C(c1cccc(Cl)c1)n1c(O)ccc1O. The maximum Gasteiger partial charge on any atom is 0.267 e. The van der Waals surface area contributed by atoms with Crippen molar-refractivity contribution in [2.24, 2.45) is 0 Å². The third kappa shape index (κ3) is 1.75. The van der Waals surface area contributed by atoms with Crippen molar-refractivity contribution in [2.45, 2.75) is 0 Å². The lowest BCUT2D eigenvalue weighted by atomic mass is 10.2. The molecule has 4 nitrogen and oxygen atoms in total. The molecule has 0 radical (unpaired) electrons. The van der Waals surface area contributed by atoms with E-state index in [-0.39, 0.29) is 17.3 Å². The minimum Gasteiger partial charge on any atom is -0.494 e. The highest BCUT2D eigenvalue weighted by Crippen LogP contribution is 2.23. The monoisotopic (exact) mass is 237 g/mol. The summed E-state index contributed by atoms with van der Waals surface area (Å²) >= 11 is 5.74. The number of carbonyl (C=O) groups is 1. The highest BCUT2D eigenvalue weighted by molar-refractivity contribution is 6.31. The Bertz CT molecular complexity index is 528. The van der Waals surface area contributed by atoms with Crippen LogP contribution in [0, 0.1) is 0 Å². The Morgan fingerprint density at radius 1 is 1.12 bits per heavy atom. The van der Waals surface area contributed by atoms with E-state index in [4.69, 9.17) is 11.6 Å². The molecule has 0 saturated carbocycles. The quantitative estimate of drug-likeness (QED) is 0.800. The second kappa shape index (κ2) is 3.90. The van der Waals surface area contributed by atoms with Crippen molar-refractivity contribution in [2.75, 3.05) is 0 Å². The first kappa shape index (κ1) is 10.6. The van der Waals surface area contributed by atoms with Crippen molar-refractivity contribution < 1.29 is 15.0 Å². The standard InChI is InChI=1S/C11H8ClNO3/c12-8-3-1-2-7(6-8)11(16)13-9(14)4-5-10(13)15/h1-6,14-15H. The Kier molecular flexibility index (Phi) is 2.58. The molecule has 2 rings (SSSR count). The number of halogens is 1. The van der Waals surface area contributed by atoms with Gasteiger partial charge < -0.3 is 10.2 Å². The van der Waals surface area contributed by atoms with Crippen LogP contribution in [0.25, 0.3) is 0 Å². The van der Waals surface area contributed by atoms with Gasteiger partial charge in [0.25, 0.3) is 5.91 Å². The van der Waals surface area contributed by atoms with Crippen LogP contribution in [0.2, 0.25) is 5.02 Å². The molecular weight excluding hydrogens is 230 g/mol. The fourth-order valence-electron chi connectivity index (χ4n) is 1.37. The van der Waals surface area contributed by atoms with Crippen LogP contribution in [0.1, 0.15) is 10.4 Å². The zero-order valence-corrected chi connectivity index (χ0v) is 8.85. The van der Waals surface area contributed by atoms with Gasteiger partial charge in [0.1, 0.15) is 0 Å². The van der Waals surface area contributed by atoms with Crippen molar-refractivity contribution in [3.8, 4) is 11.8 Å². The van der Waals surface area contributed by atoms with Crippen molar-refractivity contribution in [3.63, 3.8) is 0 Å². The molecule has 0 unspecified atom stereocenters. The largest absolute Gasteiger partial charge is 0.494 e. The predicted molar refractivity (Wildman–Crippen MR) is 58.9 cm³/mol. The lowest BCUT2D eigenvalue weighted by Gasteiger charge is -2.05. The summed E-state index contributed by atoms with van der Waals surface area (Å²) in [6.45, 7) is 0. The second-order valence-corrected chi connectivity index (χ2v) is 3.64. The lowest BCUT2D eigenvalue weighted by Crippen LogP contribution is -2.10. The smallest absolute Gasteiger partial charge is 0.267 e. The molecule has 0 atom stereocenters. The topological polar surface area (TPSA) is 62.5 Å². The first-order chi connectivity index (χ1) is 7.59. The molecule has 16 heavy (non-hydrogen) atoms. The molecule has 2 N–H and O–H groups in total. The van der Waals surface area contributed by atoms with Crippen LogP contribution in [0.5, 0.6) is 11.8 Å². The molecule has 0 bridgehead atoms. The van der Waals surface area contributed by atoms with E-state index >= 15 is 0 Å². The summed E-state index contributed by atoms with van der Waals surface area (Å²) in [6, 6.07) is 8.73. The molecule has 0 spiro atoms. The van der Waals surface area contributed by atoms with Gasteiger partial charge in [-0.15, -0.1) is 0 Å². The molecule has 0 aliphatic rings. The first-order valence-electron chi connectivity index (χ1n) is 4.49. The number of nitrogens with zero attached hydrogens (tertiary/aromatic N) is 1. The summed E-state index contributed by atoms with van der Waals surface area (Å²) in [5.41, 5.74) is 0.286. The van der Waals surface area contributed by atoms with Gasteiger partial charge >= 0.3 is 0 Å². The fourth-order valence-corrected chi connectivity index (χ4v) is 1.56. The van der Waals surface area contributed by atoms with E-state index in [0.717, 1.165) is 4.57 Å². The van der Waals surface area contributed by atoms with Gasteiger partial charge in [0, 0.05) is 22.7 Å². The summed E-state index contributed by atoms with van der Waals surface area (Å²) in [4.78, 5) is 11.9. The molecule has 0 aliphatic carbocycles. The Labute approximate surface area is 96.3 Å². The van der Waals surface area contributed by atoms with Gasteiger partial charge in [-0.2, -0.15) is 0 Å². The van der Waals surface area contributed by atoms with E-state index in [1.165, 1.54) is 18.2 Å². The van der Waals surface area contributed by atoms with Gasteiger partial charge in [0.2, 0.25) is 11.8 Å². The number of aromatic nitrogens is 1. The van der Waals surface area contributed by atoms with Gasteiger partial charge in [0.05, 0.1) is 0 Å². The first-order valence-corrected chi connectivity index (χ1v) is 4.87. The van der Waals surface area contributed by atoms with E-state index in [9.17, 15) is 15.0 Å². The number of hydrogen-bond donors (Lipinski definition) is 2. The van der Waals surface area contributed by atoms with Gasteiger partial charge in [0.15, 0.2) is 0 Å². The normalized spacial score (nSPS) is 10.3. The van der Waals surface area contributed by atoms with Crippen LogP contribution >= 0.6 is 11.6 Å². The van der Waals surface area contributed by atoms with Gasteiger partial charge in [-0.05, 0) is 18.2 Å². The average molecular weight is 238 g/mol. The number of aromatic hydroxyl groups is 2. The van der Waals surface area contributed by atoms with Gasteiger partial charge in [-0.3, -0.25) is 4.79 Å². The van der Waals surface area contributed by atoms with E-state index in [1.807, 2.05) is 0 Å². The predicted octanol–water partition coefficient (Wildman–Crippen LogP) is 2.24. The molecule has 82 valence electrons. The molecule has 0 amide bonds. The van der Waals surface area contributed by atoms with Crippen LogP contribution in [-0.4, -0.2) is 20.7 Å². The van der Waals surface area contributed by atoms with Gasteiger partial charge in [-0.25, -0.2) is 4.57 Å². The van der Waals surface area contributed by atoms with E-state index < -0.39 is 5.91 Å². The molecule has 0 saturated heterocycles. The minimum absolute atomic E-state index is 0.286. The summed E-state index contributed by atoms with van der Waals surface area (Å²) in [5, 5.41) is 19.2. The number of benzene rings is 1. The summed E-state index contributed by atoms with van der Waals surface area (Å²) in [7, 11) is 0. The Morgan fingerprint density at radius 3 is 2.31 bits per heavy atom. The van der Waals surface area contributed by atoms with E-state index in [2.05, 4.69) is 0 Å². The van der Waals surface area contributed by atoms with Crippen molar-refractivity contribution >= 4 is 17.5 Å². The number of hydrogen-bond acceptors (Lipinski definition) is 3. The zero-order chi connectivity index (χ0) is 11.7. The third-order valence-electron chi connectivity index (χ3n) is 2.11. The highest BCUT2D eigenvalue weighted by Gasteiger charge is 2.15. The lowest BCUT2D eigenvalue weighted by molar-refractivity contribution is 0.0942. The molecule has 5 heteroatoms.